The summed E-state index contributed by atoms with van der Waals surface area (Å²) in [5, 5.41) is 10.5. The van der Waals surface area contributed by atoms with Crippen LogP contribution < -0.4 is 10.3 Å². The Kier molecular flexibility index (Phi) is 3.72. The highest BCUT2D eigenvalue weighted by Crippen LogP contribution is 2.29. The molecule has 1 saturated heterocycles. The van der Waals surface area contributed by atoms with E-state index in [2.05, 4.69) is 17.0 Å². The molecule has 0 N–H and O–H groups in total. The van der Waals surface area contributed by atoms with Gasteiger partial charge in [0.1, 0.15) is 0 Å². The lowest BCUT2D eigenvalue weighted by Gasteiger charge is -2.28. The van der Waals surface area contributed by atoms with Crippen LogP contribution in [-0.4, -0.2) is 24.6 Å². The van der Waals surface area contributed by atoms with Crippen molar-refractivity contribution in [2.24, 2.45) is 0 Å². The highest BCUT2D eigenvalue weighted by atomic mass is 32.2. The lowest BCUT2D eigenvalue weighted by Crippen LogP contribution is -2.32. The van der Waals surface area contributed by atoms with Gasteiger partial charge in [-0.15, -0.1) is 11.3 Å². The Hall–Kier alpha value is -2.03. The summed E-state index contributed by atoms with van der Waals surface area (Å²) in [6, 6.07) is 13.6. The van der Waals surface area contributed by atoms with Crippen molar-refractivity contribution in [3.05, 3.63) is 52.2 Å². The van der Waals surface area contributed by atoms with E-state index < -0.39 is 0 Å². The molecule has 0 saturated carbocycles. The van der Waals surface area contributed by atoms with E-state index >= 15 is 0 Å². The molecule has 4 rings (SSSR count). The fourth-order valence-electron chi connectivity index (χ4n) is 2.93. The van der Waals surface area contributed by atoms with E-state index in [1.165, 1.54) is 0 Å². The van der Waals surface area contributed by atoms with Gasteiger partial charge in [0.25, 0.3) is 0 Å². The van der Waals surface area contributed by atoms with E-state index in [1.807, 2.05) is 23.9 Å². The van der Waals surface area contributed by atoms with Gasteiger partial charge in [-0.25, -0.2) is 0 Å². The smallest absolute Gasteiger partial charge is 0.195 e. The fraction of sp³-hybridized carbons (Fsp3) is 0.222. The Labute approximate surface area is 142 Å². The summed E-state index contributed by atoms with van der Waals surface area (Å²) in [4.78, 5) is 15.2. The first-order chi connectivity index (χ1) is 11.3. The van der Waals surface area contributed by atoms with Crippen LogP contribution in [0.1, 0.15) is 5.56 Å². The molecule has 3 aromatic rings. The molecular weight excluding hydrogens is 324 g/mol. The molecule has 2 aromatic carbocycles. The SMILES string of the molecule is N#Cc1ccc2c(=O)c3cc(N4CCSCC4)ccc3sc2c1. The fourth-order valence-corrected chi connectivity index (χ4v) is 4.92. The second kappa shape index (κ2) is 5.88. The number of anilines is 1. The maximum absolute atomic E-state index is 12.8. The molecule has 0 unspecified atom stereocenters. The maximum atomic E-state index is 12.8. The Balaban J connectivity index is 1.91. The molecule has 0 atom stereocenters. The largest absolute Gasteiger partial charge is 0.370 e. The summed E-state index contributed by atoms with van der Waals surface area (Å²) in [6.07, 6.45) is 0. The van der Waals surface area contributed by atoms with Crippen LogP contribution in [0.5, 0.6) is 0 Å². The minimum Gasteiger partial charge on any atom is -0.370 e. The van der Waals surface area contributed by atoms with Crippen molar-refractivity contribution in [1.82, 2.24) is 0 Å². The zero-order valence-electron chi connectivity index (χ0n) is 12.4. The number of hydrogen-bond acceptors (Lipinski definition) is 5. The average Bonchev–Trinajstić information content (AvgIpc) is 2.62. The average molecular weight is 338 g/mol. The molecule has 0 bridgehead atoms. The first-order valence-electron chi connectivity index (χ1n) is 7.50. The zero-order valence-corrected chi connectivity index (χ0v) is 14.0. The third-order valence-corrected chi connectivity index (χ3v) is 6.24. The van der Waals surface area contributed by atoms with E-state index in [0.29, 0.717) is 10.9 Å². The number of thioether (sulfide) groups is 1. The minimum absolute atomic E-state index is 0.0616. The summed E-state index contributed by atoms with van der Waals surface area (Å²) in [5.74, 6) is 2.28. The van der Waals surface area contributed by atoms with Gasteiger partial charge in [0, 0.05) is 50.5 Å². The topological polar surface area (TPSA) is 44.1 Å². The van der Waals surface area contributed by atoms with Crippen molar-refractivity contribution in [3.63, 3.8) is 0 Å². The molecule has 1 aliphatic heterocycles. The summed E-state index contributed by atoms with van der Waals surface area (Å²) in [6.45, 7) is 2.07. The van der Waals surface area contributed by atoms with Crippen LogP contribution >= 0.6 is 23.1 Å². The van der Waals surface area contributed by atoms with Crippen molar-refractivity contribution < 1.29 is 0 Å². The Morgan fingerprint density at radius 3 is 2.61 bits per heavy atom. The normalized spacial score (nSPS) is 15.0. The van der Waals surface area contributed by atoms with E-state index in [-0.39, 0.29) is 5.43 Å². The molecule has 3 nitrogen and oxygen atoms in total. The predicted molar refractivity (Wildman–Crippen MR) is 99.9 cm³/mol. The molecule has 0 aliphatic carbocycles. The van der Waals surface area contributed by atoms with Gasteiger partial charge in [-0.05, 0) is 36.4 Å². The Morgan fingerprint density at radius 2 is 1.83 bits per heavy atom. The second-order valence-electron chi connectivity index (χ2n) is 5.53. The molecule has 0 amide bonds. The third-order valence-electron chi connectivity index (χ3n) is 4.16. The van der Waals surface area contributed by atoms with Gasteiger partial charge in [0.15, 0.2) is 5.43 Å². The Bertz CT molecular complexity index is 997. The van der Waals surface area contributed by atoms with Crippen molar-refractivity contribution in [1.29, 1.82) is 5.26 Å². The van der Waals surface area contributed by atoms with Gasteiger partial charge in [0.2, 0.25) is 0 Å². The van der Waals surface area contributed by atoms with Crippen LogP contribution in [0.3, 0.4) is 0 Å². The predicted octanol–water partition coefficient (Wildman–Crippen LogP) is 3.84. The quantitative estimate of drug-likeness (QED) is 0.632. The number of rotatable bonds is 1. The monoisotopic (exact) mass is 338 g/mol. The zero-order chi connectivity index (χ0) is 15.8. The standard InChI is InChI=1S/C18H14N2OS2/c19-11-12-1-3-14-17(9-12)23-16-4-2-13(10-15(16)18(14)21)20-5-7-22-8-6-20/h1-4,9-10H,5-8H2. The van der Waals surface area contributed by atoms with Crippen LogP contribution in [0.4, 0.5) is 5.69 Å². The van der Waals surface area contributed by atoms with Crippen molar-refractivity contribution in [3.8, 4) is 6.07 Å². The lowest BCUT2D eigenvalue weighted by molar-refractivity contribution is 0.860. The van der Waals surface area contributed by atoms with Crippen molar-refractivity contribution in [2.75, 3.05) is 29.5 Å². The molecule has 5 heteroatoms. The molecular formula is C18H14N2OS2. The molecule has 0 radical (unpaired) electrons. The van der Waals surface area contributed by atoms with Gasteiger partial charge in [-0.1, -0.05) is 0 Å². The Morgan fingerprint density at radius 1 is 1.00 bits per heavy atom. The molecule has 23 heavy (non-hydrogen) atoms. The van der Waals surface area contributed by atoms with E-state index in [9.17, 15) is 4.79 Å². The summed E-state index contributed by atoms with van der Waals surface area (Å²) >= 11 is 3.55. The van der Waals surface area contributed by atoms with Crippen LogP contribution in [0, 0.1) is 11.3 Å². The van der Waals surface area contributed by atoms with Gasteiger partial charge in [-0.3, -0.25) is 4.79 Å². The molecule has 1 fully saturated rings. The van der Waals surface area contributed by atoms with E-state index in [1.54, 1.807) is 29.5 Å². The summed E-state index contributed by atoms with van der Waals surface area (Å²) < 4.78 is 1.86. The van der Waals surface area contributed by atoms with Crippen LogP contribution in [0.25, 0.3) is 20.2 Å². The number of nitrogens with zero attached hydrogens (tertiary/aromatic N) is 2. The molecule has 1 aromatic heterocycles. The van der Waals surface area contributed by atoms with Crippen molar-refractivity contribution in [2.45, 2.75) is 0 Å². The highest BCUT2D eigenvalue weighted by molar-refractivity contribution is 7.99. The minimum atomic E-state index is 0.0616. The molecule has 0 spiro atoms. The van der Waals surface area contributed by atoms with Crippen LogP contribution in [0.2, 0.25) is 0 Å². The van der Waals surface area contributed by atoms with Gasteiger partial charge in [-0.2, -0.15) is 17.0 Å². The number of benzene rings is 2. The lowest BCUT2D eigenvalue weighted by atomic mass is 10.1. The molecule has 114 valence electrons. The number of nitriles is 1. The van der Waals surface area contributed by atoms with Crippen LogP contribution in [0.15, 0.2) is 41.2 Å². The molecule has 2 heterocycles. The van der Waals surface area contributed by atoms with Gasteiger partial charge < -0.3 is 4.90 Å². The summed E-state index contributed by atoms with van der Waals surface area (Å²) in [7, 11) is 0. The molecule has 1 aliphatic rings. The van der Waals surface area contributed by atoms with Gasteiger partial charge in [0.05, 0.1) is 11.6 Å². The highest BCUT2D eigenvalue weighted by Gasteiger charge is 2.13. The maximum Gasteiger partial charge on any atom is 0.195 e. The first kappa shape index (κ1) is 14.6. The van der Waals surface area contributed by atoms with E-state index in [4.69, 9.17) is 5.26 Å². The van der Waals surface area contributed by atoms with Gasteiger partial charge >= 0.3 is 0 Å². The first-order valence-corrected chi connectivity index (χ1v) is 9.47. The van der Waals surface area contributed by atoms with Crippen LogP contribution in [-0.2, 0) is 0 Å². The summed E-state index contributed by atoms with van der Waals surface area (Å²) in [5.41, 5.74) is 1.79. The third kappa shape index (κ3) is 2.58. The van der Waals surface area contributed by atoms with Crippen molar-refractivity contribution >= 4 is 49.0 Å². The second-order valence-corrected chi connectivity index (χ2v) is 7.84. The van der Waals surface area contributed by atoms with E-state index in [0.717, 1.165) is 45.1 Å². The number of fused-ring (bicyclic) bond motifs is 2. The number of hydrogen-bond donors (Lipinski definition) is 0.